The topological polar surface area (TPSA) is 56.4 Å². The van der Waals surface area contributed by atoms with Gasteiger partial charge in [0.15, 0.2) is 0 Å². The Morgan fingerprint density at radius 2 is 1.86 bits per heavy atom. The SMILES string of the molecule is Cc1[nH]c2c(C(=O)N3CCC(=O)N(Cc4ccccc4F)CC3)cccc2c1C. The van der Waals surface area contributed by atoms with Crippen LogP contribution in [0.3, 0.4) is 0 Å². The number of aromatic nitrogens is 1. The van der Waals surface area contributed by atoms with E-state index in [1.54, 1.807) is 28.0 Å². The Morgan fingerprint density at radius 1 is 1.07 bits per heavy atom. The number of aromatic amines is 1. The van der Waals surface area contributed by atoms with Crippen LogP contribution in [-0.4, -0.2) is 46.2 Å². The van der Waals surface area contributed by atoms with Gasteiger partial charge in [-0.3, -0.25) is 9.59 Å². The van der Waals surface area contributed by atoms with Crippen LogP contribution in [0.1, 0.15) is 33.6 Å². The number of aryl methyl sites for hydroxylation is 2. The van der Waals surface area contributed by atoms with Gasteiger partial charge in [0.05, 0.1) is 11.1 Å². The molecule has 150 valence electrons. The Balaban J connectivity index is 1.54. The van der Waals surface area contributed by atoms with Gasteiger partial charge in [0.1, 0.15) is 5.82 Å². The zero-order valence-corrected chi connectivity index (χ0v) is 16.7. The number of halogens is 1. The number of hydrogen-bond donors (Lipinski definition) is 1. The molecule has 2 amide bonds. The fraction of sp³-hybridized carbons (Fsp3) is 0.304. The van der Waals surface area contributed by atoms with Gasteiger partial charge in [-0.05, 0) is 31.5 Å². The summed E-state index contributed by atoms with van der Waals surface area (Å²) in [4.78, 5) is 32.5. The van der Waals surface area contributed by atoms with Crippen LogP contribution in [0.5, 0.6) is 0 Å². The Hall–Kier alpha value is -3.15. The van der Waals surface area contributed by atoms with Crippen molar-refractivity contribution in [2.24, 2.45) is 0 Å². The van der Waals surface area contributed by atoms with Crippen molar-refractivity contribution in [2.75, 3.05) is 19.6 Å². The molecule has 1 fully saturated rings. The van der Waals surface area contributed by atoms with Gasteiger partial charge in [-0.15, -0.1) is 0 Å². The summed E-state index contributed by atoms with van der Waals surface area (Å²) >= 11 is 0. The molecule has 2 aromatic carbocycles. The molecule has 0 unspecified atom stereocenters. The molecule has 1 aliphatic heterocycles. The Kier molecular flexibility index (Phi) is 5.09. The molecular formula is C23H24FN3O2. The molecule has 1 N–H and O–H groups in total. The normalized spacial score (nSPS) is 15.1. The van der Waals surface area contributed by atoms with Crippen LogP contribution in [0.15, 0.2) is 42.5 Å². The van der Waals surface area contributed by atoms with Gasteiger partial charge in [-0.2, -0.15) is 0 Å². The molecule has 0 bridgehead atoms. The van der Waals surface area contributed by atoms with Gasteiger partial charge in [-0.1, -0.05) is 30.3 Å². The third-order valence-electron chi connectivity index (χ3n) is 5.77. The summed E-state index contributed by atoms with van der Waals surface area (Å²) < 4.78 is 14.0. The van der Waals surface area contributed by atoms with Crippen LogP contribution in [0.25, 0.3) is 10.9 Å². The third kappa shape index (κ3) is 3.62. The van der Waals surface area contributed by atoms with Crippen LogP contribution in [0, 0.1) is 19.7 Å². The highest BCUT2D eigenvalue weighted by molar-refractivity contribution is 6.06. The highest BCUT2D eigenvalue weighted by Gasteiger charge is 2.26. The molecule has 0 spiro atoms. The molecule has 1 aliphatic rings. The first-order valence-corrected chi connectivity index (χ1v) is 9.84. The van der Waals surface area contributed by atoms with Crippen LogP contribution in [0.4, 0.5) is 4.39 Å². The smallest absolute Gasteiger partial charge is 0.256 e. The minimum Gasteiger partial charge on any atom is -0.358 e. The predicted octanol–water partition coefficient (Wildman–Crippen LogP) is 3.80. The van der Waals surface area contributed by atoms with Crippen molar-refractivity contribution >= 4 is 22.7 Å². The van der Waals surface area contributed by atoms with Crippen molar-refractivity contribution in [1.29, 1.82) is 0 Å². The number of fused-ring (bicyclic) bond motifs is 1. The summed E-state index contributed by atoms with van der Waals surface area (Å²) in [5.74, 6) is -0.465. The third-order valence-corrected chi connectivity index (χ3v) is 5.77. The zero-order chi connectivity index (χ0) is 20.5. The van der Waals surface area contributed by atoms with E-state index in [1.807, 2.05) is 32.0 Å². The highest BCUT2D eigenvalue weighted by Crippen LogP contribution is 2.25. The lowest BCUT2D eigenvalue weighted by molar-refractivity contribution is -0.130. The molecule has 4 rings (SSSR count). The number of para-hydroxylation sites is 1. The van der Waals surface area contributed by atoms with E-state index in [4.69, 9.17) is 0 Å². The maximum absolute atomic E-state index is 14.0. The second kappa shape index (κ2) is 7.70. The van der Waals surface area contributed by atoms with E-state index in [-0.39, 0.29) is 30.6 Å². The van der Waals surface area contributed by atoms with Crippen molar-refractivity contribution in [1.82, 2.24) is 14.8 Å². The van der Waals surface area contributed by atoms with Crippen LogP contribution in [-0.2, 0) is 11.3 Å². The van der Waals surface area contributed by atoms with E-state index in [2.05, 4.69) is 4.98 Å². The predicted molar refractivity (Wildman–Crippen MR) is 110 cm³/mol. The van der Waals surface area contributed by atoms with Crippen molar-refractivity contribution in [3.63, 3.8) is 0 Å². The quantitative estimate of drug-likeness (QED) is 0.736. The maximum Gasteiger partial charge on any atom is 0.256 e. The molecule has 1 saturated heterocycles. The van der Waals surface area contributed by atoms with E-state index in [0.29, 0.717) is 30.8 Å². The summed E-state index contributed by atoms with van der Waals surface area (Å²) in [5, 5.41) is 1.04. The summed E-state index contributed by atoms with van der Waals surface area (Å²) in [6.07, 6.45) is 0.235. The number of hydrogen-bond acceptors (Lipinski definition) is 2. The fourth-order valence-electron chi connectivity index (χ4n) is 3.90. The molecule has 0 saturated carbocycles. The molecule has 0 aliphatic carbocycles. The standard InChI is InChI=1S/C23H24FN3O2/c1-15-16(2)25-22-18(15)7-5-8-19(22)23(29)26-11-10-21(28)27(13-12-26)14-17-6-3-4-9-20(17)24/h3-9,25H,10-14H2,1-2H3. The second-order valence-corrected chi connectivity index (χ2v) is 7.55. The van der Waals surface area contributed by atoms with E-state index in [9.17, 15) is 14.0 Å². The molecule has 0 radical (unpaired) electrons. The molecular weight excluding hydrogens is 369 g/mol. The Morgan fingerprint density at radius 3 is 2.66 bits per heavy atom. The number of carbonyl (C=O) groups excluding carboxylic acids is 2. The number of carbonyl (C=O) groups is 2. The van der Waals surface area contributed by atoms with Gasteiger partial charge in [-0.25, -0.2) is 4.39 Å². The van der Waals surface area contributed by atoms with E-state index >= 15 is 0 Å². The molecule has 29 heavy (non-hydrogen) atoms. The lowest BCUT2D eigenvalue weighted by Crippen LogP contribution is -2.35. The van der Waals surface area contributed by atoms with Crippen molar-refractivity contribution in [3.05, 3.63) is 70.7 Å². The summed E-state index contributed by atoms with van der Waals surface area (Å²) in [6, 6.07) is 12.2. The maximum atomic E-state index is 14.0. The summed E-state index contributed by atoms with van der Waals surface area (Å²) in [7, 11) is 0. The average molecular weight is 393 g/mol. The number of benzene rings is 2. The highest BCUT2D eigenvalue weighted by atomic mass is 19.1. The Labute approximate surface area is 169 Å². The first kappa shape index (κ1) is 19.2. The lowest BCUT2D eigenvalue weighted by Gasteiger charge is -2.22. The van der Waals surface area contributed by atoms with Crippen molar-refractivity contribution in [2.45, 2.75) is 26.8 Å². The van der Waals surface area contributed by atoms with Gasteiger partial charge >= 0.3 is 0 Å². The second-order valence-electron chi connectivity index (χ2n) is 7.55. The first-order chi connectivity index (χ1) is 14.0. The van der Waals surface area contributed by atoms with Crippen LogP contribution < -0.4 is 0 Å². The first-order valence-electron chi connectivity index (χ1n) is 9.84. The zero-order valence-electron chi connectivity index (χ0n) is 16.7. The van der Waals surface area contributed by atoms with Gasteiger partial charge < -0.3 is 14.8 Å². The van der Waals surface area contributed by atoms with Crippen molar-refractivity contribution < 1.29 is 14.0 Å². The average Bonchev–Trinajstić information content (AvgIpc) is 2.89. The van der Waals surface area contributed by atoms with Gasteiger partial charge in [0.2, 0.25) is 5.91 Å². The largest absolute Gasteiger partial charge is 0.358 e. The minimum atomic E-state index is -0.318. The molecule has 1 aromatic heterocycles. The van der Waals surface area contributed by atoms with E-state index < -0.39 is 0 Å². The van der Waals surface area contributed by atoms with Gasteiger partial charge in [0, 0.05) is 49.2 Å². The molecule has 0 atom stereocenters. The van der Waals surface area contributed by atoms with E-state index in [1.165, 1.54) is 6.07 Å². The summed E-state index contributed by atoms with van der Waals surface area (Å²) in [5.41, 5.74) is 4.13. The van der Waals surface area contributed by atoms with Crippen molar-refractivity contribution in [3.8, 4) is 0 Å². The molecule has 2 heterocycles. The number of nitrogens with zero attached hydrogens (tertiary/aromatic N) is 2. The minimum absolute atomic E-state index is 0.0617. The summed E-state index contributed by atoms with van der Waals surface area (Å²) in [6.45, 7) is 5.42. The van der Waals surface area contributed by atoms with E-state index in [0.717, 1.165) is 22.2 Å². The monoisotopic (exact) mass is 393 g/mol. The molecule has 6 heteroatoms. The Bertz CT molecular complexity index is 1090. The van der Waals surface area contributed by atoms with Crippen LogP contribution >= 0.6 is 0 Å². The lowest BCUT2D eigenvalue weighted by atomic mass is 10.1. The number of H-pyrrole nitrogens is 1. The number of rotatable bonds is 3. The number of amides is 2. The van der Waals surface area contributed by atoms with Gasteiger partial charge in [0.25, 0.3) is 5.91 Å². The fourth-order valence-corrected chi connectivity index (χ4v) is 3.90. The molecule has 3 aromatic rings. The number of nitrogens with one attached hydrogen (secondary N) is 1. The van der Waals surface area contributed by atoms with Crippen LogP contribution in [0.2, 0.25) is 0 Å². The molecule has 5 nitrogen and oxygen atoms in total.